The van der Waals surface area contributed by atoms with Crippen molar-refractivity contribution in [1.82, 2.24) is 14.5 Å². The number of ether oxygens (including phenoxy) is 2. The molecule has 152 valence electrons. The lowest BCUT2D eigenvalue weighted by Crippen LogP contribution is -1.99. The van der Waals surface area contributed by atoms with Crippen molar-refractivity contribution in [3.63, 3.8) is 0 Å². The van der Waals surface area contributed by atoms with Gasteiger partial charge in [-0.05, 0) is 24.3 Å². The van der Waals surface area contributed by atoms with Crippen LogP contribution in [0.3, 0.4) is 0 Å². The summed E-state index contributed by atoms with van der Waals surface area (Å²) in [5.74, 6) is 2.07. The van der Waals surface area contributed by atoms with E-state index in [1.807, 2.05) is 42.5 Å². The molecule has 2 aromatic carbocycles. The predicted octanol–water partition coefficient (Wildman–Crippen LogP) is 5.38. The van der Waals surface area contributed by atoms with Gasteiger partial charge in [0.1, 0.15) is 5.01 Å². The fraction of sp³-hybridized carbons (Fsp3) is 0.227. The minimum Gasteiger partial charge on any atom is -0.493 e. The van der Waals surface area contributed by atoms with E-state index in [9.17, 15) is 0 Å². The molecule has 0 spiro atoms. The average molecular weight is 437 g/mol. The van der Waals surface area contributed by atoms with Crippen LogP contribution < -0.4 is 9.47 Å². The summed E-state index contributed by atoms with van der Waals surface area (Å²) in [6.45, 7) is 0.628. The lowest BCUT2D eigenvalue weighted by Gasteiger charge is -2.10. The molecule has 4 aromatic rings. The summed E-state index contributed by atoms with van der Waals surface area (Å²) >= 11 is 3.21. The van der Waals surface area contributed by atoms with Gasteiger partial charge in [-0.2, -0.15) is 5.26 Å². The smallest absolute Gasteiger partial charge is 0.170 e. The number of nitrogens with zero attached hydrogens (tertiary/aromatic N) is 4. The highest BCUT2D eigenvalue weighted by Gasteiger charge is 2.16. The lowest BCUT2D eigenvalue weighted by molar-refractivity contribution is 0.356. The van der Waals surface area contributed by atoms with Gasteiger partial charge in [-0.3, -0.25) is 0 Å². The Hall–Kier alpha value is -3.02. The van der Waals surface area contributed by atoms with Crippen molar-refractivity contribution in [2.24, 2.45) is 0 Å². The van der Waals surface area contributed by atoms with Gasteiger partial charge in [-0.15, -0.1) is 11.3 Å². The van der Waals surface area contributed by atoms with Crippen LogP contribution in [0.2, 0.25) is 0 Å². The van der Waals surface area contributed by atoms with Gasteiger partial charge in [0.05, 0.1) is 49.0 Å². The van der Waals surface area contributed by atoms with E-state index in [1.165, 1.54) is 0 Å². The molecule has 0 saturated heterocycles. The van der Waals surface area contributed by atoms with Gasteiger partial charge in [0.25, 0.3) is 0 Å². The molecule has 0 aliphatic carbocycles. The van der Waals surface area contributed by atoms with E-state index in [4.69, 9.17) is 24.7 Å². The molecule has 0 unspecified atom stereocenters. The van der Waals surface area contributed by atoms with Crippen LogP contribution in [0, 0.1) is 11.3 Å². The highest BCUT2D eigenvalue weighted by Crippen LogP contribution is 2.39. The van der Waals surface area contributed by atoms with Gasteiger partial charge >= 0.3 is 0 Å². The minimum absolute atomic E-state index is 0.449. The molecule has 8 heteroatoms. The van der Waals surface area contributed by atoms with Crippen LogP contribution in [0.5, 0.6) is 11.5 Å². The second-order valence-electron chi connectivity index (χ2n) is 6.42. The van der Waals surface area contributed by atoms with E-state index in [2.05, 4.69) is 16.0 Å². The molecule has 0 aliphatic rings. The van der Waals surface area contributed by atoms with Crippen molar-refractivity contribution in [3.05, 3.63) is 53.5 Å². The second kappa shape index (κ2) is 9.20. The Kier molecular flexibility index (Phi) is 6.21. The molecule has 0 atom stereocenters. The number of aryl methyl sites for hydroxylation is 1. The molecule has 0 saturated carbocycles. The van der Waals surface area contributed by atoms with E-state index in [1.54, 1.807) is 37.3 Å². The first-order valence-corrected chi connectivity index (χ1v) is 11.2. The summed E-state index contributed by atoms with van der Waals surface area (Å²) in [5.41, 5.74) is 3.89. The molecular formula is C22H20N4O2S2. The highest BCUT2D eigenvalue weighted by atomic mass is 32.2. The molecule has 6 nitrogen and oxygen atoms in total. The van der Waals surface area contributed by atoms with E-state index in [0.29, 0.717) is 30.2 Å². The first-order chi connectivity index (χ1) is 14.7. The largest absolute Gasteiger partial charge is 0.493 e. The number of imidazole rings is 1. The highest BCUT2D eigenvalue weighted by molar-refractivity contribution is 7.98. The Labute approximate surface area is 183 Å². The first kappa shape index (κ1) is 20.3. The quantitative estimate of drug-likeness (QED) is 0.345. The minimum atomic E-state index is 0.449. The van der Waals surface area contributed by atoms with E-state index in [0.717, 1.165) is 32.5 Å². The van der Waals surface area contributed by atoms with Gasteiger partial charge in [-0.25, -0.2) is 9.97 Å². The number of hydrogen-bond acceptors (Lipinski definition) is 7. The van der Waals surface area contributed by atoms with Gasteiger partial charge in [0.15, 0.2) is 16.7 Å². The van der Waals surface area contributed by atoms with Crippen LogP contribution in [-0.2, 0) is 12.3 Å². The molecule has 30 heavy (non-hydrogen) atoms. The Morgan fingerprint density at radius 2 is 1.97 bits per heavy atom. The van der Waals surface area contributed by atoms with Crippen molar-refractivity contribution in [2.45, 2.75) is 23.9 Å². The van der Waals surface area contributed by atoms with Gasteiger partial charge in [0.2, 0.25) is 0 Å². The summed E-state index contributed by atoms with van der Waals surface area (Å²) < 4.78 is 13.1. The van der Waals surface area contributed by atoms with Crippen LogP contribution >= 0.6 is 23.1 Å². The topological polar surface area (TPSA) is 73.0 Å². The predicted molar refractivity (Wildman–Crippen MR) is 120 cm³/mol. The Morgan fingerprint density at radius 1 is 1.10 bits per heavy atom. The van der Waals surface area contributed by atoms with E-state index >= 15 is 0 Å². The Bertz CT molecular complexity index is 1210. The number of methoxy groups -OCH3 is 2. The van der Waals surface area contributed by atoms with Crippen LogP contribution in [0.25, 0.3) is 21.6 Å². The number of fused-ring (bicyclic) bond motifs is 1. The fourth-order valence-electron chi connectivity index (χ4n) is 3.23. The van der Waals surface area contributed by atoms with Crippen LogP contribution in [0.1, 0.15) is 12.1 Å². The molecule has 4 rings (SSSR count). The van der Waals surface area contributed by atoms with Gasteiger partial charge < -0.3 is 14.0 Å². The maximum absolute atomic E-state index is 9.01. The zero-order chi connectivity index (χ0) is 20.9. The molecule has 0 radical (unpaired) electrons. The third kappa shape index (κ3) is 3.99. The summed E-state index contributed by atoms with van der Waals surface area (Å²) in [6, 6.07) is 16.0. The van der Waals surface area contributed by atoms with Gasteiger partial charge in [0, 0.05) is 17.7 Å². The zero-order valence-electron chi connectivity index (χ0n) is 16.7. The maximum atomic E-state index is 9.01. The number of thioether (sulfide) groups is 1. The number of para-hydroxylation sites is 3. The number of nitriles is 1. The van der Waals surface area contributed by atoms with Crippen molar-refractivity contribution < 1.29 is 9.47 Å². The lowest BCUT2D eigenvalue weighted by atomic mass is 10.2. The van der Waals surface area contributed by atoms with Crippen LogP contribution in [0.15, 0.2) is 53.0 Å². The molecule has 0 fully saturated rings. The number of rotatable bonds is 8. The molecule has 0 amide bonds. The molecule has 2 heterocycles. The number of benzene rings is 2. The third-order valence-electron chi connectivity index (χ3n) is 4.60. The maximum Gasteiger partial charge on any atom is 0.170 e. The fourth-order valence-corrected chi connectivity index (χ4v) is 5.11. The molecule has 0 aliphatic heterocycles. The van der Waals surface area contributed by atoms with E-state index < -0.39 is 0 Å². The van der Waals surface area contributed by atoms with Gasteiger partial charge in [-0.1, -0.05) is 30.0 Å². The summed E-state index contributed by atoms with van der Waals surface area (Å²) in [4.78, 5) is 9.55. The first-order valence-electron chi connectivity index (χ1n) is 9.36. The van der Waals surface area contributed by atoms with Crippen LogP contribution in [-0.4, -0.2) is 28.8 Å². The van der Waals surface area contributed by atoms with Crippen molar-refractivity contribution in [1.29, 1.82) is 5.26 Å². The third-order valence-corrected chi connectivity index (χ3v) is 6.54. The van der Waals surface area contributed by atoms with Crippen molar-refractivity contribution in [3.8, 4) is 28.1 Å². The average Bonchev–Trinajstić information content (AvgIpc) is 3.40. The van der Waals surface area contributed by atoms with Crippen molar-refractivity contribution >= 4 is 34.1 Å². The molecular weight excluding hydrogens is 416 g/mol. The molecule has 2 aromatic heterocycles. The SMILES string of the molecule is COc1cccc(-c2nc(CSc3nc4ccccc4n3CCC#N)cs2)c1OC. The Morgan fingerprint density at radius 3 is 2.77 bits per heavy atom. The van der Waals surface area contributed by atoms with E-state index in [-0.39, 0.29) is 0 Å². The molecule has 0 N–H and O–H groups in total. The van der Waals surface area contributed by atoms with Crippen LogP contribution in [0.4, 0.5) is 0 Å². The zero-order valence-corrected chi connectivity index (χ0v) is 18.3. The standard InChI is InChI=1S/C22H20N4O2S2/c1-27-19-10-5-7-16(20(19)28-2)21-24-15(13-29-21)14-30-22-25-17-8-3-4-9-18(17)26(22)12-6-11-23/h3-5,7-10,13H,6,12,14H2,1-2H3. The summed E-state index contributed by atoms with van der Waals surface area (Å²) in [7, 11) is 3.27. The normalized spacial score (nSPS) is 10.8. The molecule has 0 bridgehead atoms. The second-order valence-corrected chi connectivity index (χ2v) is 8.22. The monoisotopic (exact) mass is 436 g/mol. The number of aromatic nitrogens is 3. The summed E-state index contributed by atoms with van der Waals surface area (Å²) in [6.07, 6.45) is 0.449. The number of hydrogen-bond donors (Lipinski definition) is 0. The number of thiazole rings is 1. The summed E-state index contributed by atoms with van der Waals surface area (Å²) in [5, 5.41) is 12.9. The van der Waals surface area contributed by atoms with Crippen molar-refractivity contribution in [2.75, 3.05) is 14.2 Å². The Balaban J connectivity index is 1.57.